The third kappa shape index (κ3) is 7.49. The molecule has 0 unspecified atom stereocenters. The van der Waals surface area contributed by atoms with Crippen molar-refractivity contribution in [1.82, 2.24) is 0 Å². The molecule has 8 heteroatoms. The lowest BCUT2D eigenvalue weighted by atomic mass is 10.1. The number of fused-ring (bicyclic) bond motifs is 1. The zero-order valence-electron chi connectivity index (χ0n) is 14.8. The topological polar surface area (TPSA) is 65.0 Å². The van der Waals surface area contributed by atoms with Crippen LogP contribution in [-0.2, 0) is 44.4 Å². The number of benzene rings is 2. The summed E-state index contributed by atoms with van der Waals surface area (Å²) < 4.78 is 34.1. The highest BCUT2D eigenvalue weighted by Crippen LogP contribution is 2.24. The SMILES string of the molecule is CCO[Si](Cc1cccc2ccccc12)(OCC)OCC.O=[S-](O)=S. The van der Waals surface area contributed by atoms with Crippen LogP contribution in [0.15, 0.2) is 42.5 Å². The molecule has 140 valence electrons. The van der Waals surface area contributed by atoms with E-state index in [1.165, 1.54) is 16.3 Å². The van der Waals surface area contributed by atoms with Gasteiger partial charge in [-0.3, -0.25) is 0 Å². The Bertz CT molecular complexity index is 691. The van der Waals surface area contributed by atoms with E-state index in [1.54, 1.807) is 0 Å². The third-order valence-electron chi connectivity index (χ3n) is 3.38. The Balaban J connectivity index is 0.000000705. The fraction of sp³-hybridized carbons (Fsp3) is 0.412. The molecule has 0 spiro atoms. The summed E-state index contributed by atoms with van der Waals surface area (Å²) in [6, 6.07) is 15.5. The second-order valence-electron chi connectivity index (χ2n) is 5.01. The lowest BCUT2D eigenvalue weighted by molar-refractivity contribution is 0.0705. The molecule has 1 N–H and O–H groups in total. The van der Waals surface area contributed by atoms with Gasteiger partial charge in [-0.15, -0.1) is 0 Å². The van der Waals surface area contributed by atoms with Gasteiger partial charge < -0.3 is 22.0 Å². The van der Waals surface area contributed by atoms with Crippen molar-refractivity contribution in [3.05, 3.63) is 48.0 Å². The van der Waals surface area contributed by atoms with Gasteiger partial charge in [0, 0.05) is 25.9 Å². The molecule has 2 rings (SSSR count). The number of hydrogen-bond donors (Lipinski definition) is 1. The molecule has 0 amide bonds. The van der Waals surface area contributed by atoms with Gasteiger partial charge in [-0.25, -0.2) is 11.2 Å². The zero-order chi connectivity index (χ0) is 18.7. The summed E-state index contributed by atoms with van der Waals surface area (Å²) in [5.74, 6) is 0. The Kier molecular flexibility index (Phi) is 10.4. The Morgan fingerprint density at radius 3 is 1.96 bits per heavy atom. The summed E-state index contributed by atoms with van der Waals surface area (Å²) in [6.07, 6.45) is 0. The fourth-order valence-electron chi connectivity index (χ4n) is 2.62. The second kappa shape index (κ2) is 11.7. The van der Waals surface area contributed by atoms with Crippen LogP contribution >= 0.6 is 0 Å². The molecule has 2 aromatic carbocycles. The van der Waals surface area contributed by atoms with E-state index in [1.807, 2.05) is 20.8 Å². The van der Waals surface area contributed by atoms with Crippen LogP contribution in [0.4, 0.5) is 0 Å². The minimum absolute atomic E-state index is 0.608. The molecule has 0 aliphatic carbocycles. The summed E-state index contributed by atoms with van der Waals surface area (Å²) in [6.45, 7) is 7.79. The second-order valence-corrected chi connectivity index (χ2v) is 8.89. The van der Waals surface area contributed by atoms with Crippen LogP contribution in [0, 0.1) is 0 Å². The molecule has 0 saturated carbocycles. The van der Waals surface area contributed by atoms with E-state index in [9.17, 15) is 0 Å². The first-order chi connectivity index (χ1) is 12.0. The minimum Gasteiger partial charge on any atom is -0.459 e. The summed E-state index contributed by atoms with van der Waals surface area (Å²) in [5.41, 5.74) is 1.23. The molecule has 0 aliphatic rings. The van der Waals surface area contributed by atoms with E-state index in [2.05, 4.69) is 53.7 Å². The highest BCUT2D eigenvalue weighted by atomic mass is 32.8. The first-order valence-electron chi connectivity index (χ1n) is 8.14. The van der Waals surface area contributed by atoms with Crippen molar-refractivity contribution in [2.75, 3.05) is 19.8 Å². The monoisotopic (exact) mass is 401 g/mol. The van der Waals surface area contributed by atoms with Crippen molar-refractivity contribution in [2.24, 2.45) is 0 Å². The van der Waals surface area contributed by atoms with E-state index >= 15 is 0 Å². The molecular weight excluding hydrogens is 376 g/mol. The van der Waals surface area contributed by atoms with Gasteiger partial charge in [-0.05, 0) is 37.1 Å². The molecule has 0 bridgehead atoms. The molecule has 0 aliphatic heterocycles. The van der Waals surface area contributed by atoms with Crippen LogP contribution in [-0.4, -0.2) is 33.2 Å². The lowest BCUT2D eigenvalue weighted by Gasteiger charge is -2.29. The van der Waals surface area contributed by atoms with Gasteiger partial charge in [-0.2, -0.15) is 0 Å². The molecule has 0 heterocycles. The summed E-state index contributed by atoms with van der Waals surface area (Å²) in [4.78, 5) is 0. The van der Waals surface area contributed by atoms with Crippen molar-refractivity contribution in [3.8, 4) is 0 Å². The van der Waals surface area contributed by atoms with Crippen molar-refractivity contribution >= 4 is 40.4 Å². The molecular formula is C17H25O5S2Si-. The predicted molar refractivity (Wildman–Crippen MR) is 106 cm³/mol. The predicted octanol–water partition coefficient (Wildman–Crippen LogP) is 3.86. The molecule has 2 aromatic rings. The van der Waals surface area contributed by atoms with Crippen molar-refractivity contribution in [1.29, 1.82) is 0 Å². The number of rotatable bonds is 8. The van der Waals surface area contributed by atoms with E-state index in [0.29, 0.717) is 25.9 Å². The standard InChI is InChI=1S/C17H24O3Si.HO2S2/c1-4-18-21(19-5-2,20-6-3)14-16-12-9-11-15-10-7-8-13-17(15)16;1-4(2)3/h7-13H,4-6,14H2,1-3H3;(H,1,2,3)/q;-1. The quantitative estimate of drug-likeness (QED) is 0.412. The van der Waals surface area contributed by atoms with Crippen LogP contribution in [0.1, 0.15) is 26.3 Å². The maximum Gasteiger partial charge on any atom is 0.505 e. The van der Waals surface area contributed by atoms with Gasteiger partial charge in [0.25, 0.3) is 0 Å². The average Bonchev–Trinajstić information content (AvgIpc) is 2.55. The normalized spacial score (nSPS) is 11.4. The lowest BCUT2D eigenvalue weighted by Crippen LogP contribution is -2.48. The molecule has 0 saturated heterocycles. The van der Waals surface area contributed by atoms with Crippen LogP contribution in [0.2, 0.25) is 0 Å². The Morgan fingerprint density at radius 2 is 1.44 bits per heavy atom. The van der Waals surface area contributed by atoms with Gasteiger partial charge in [0.15, 0.2) is 0 Å². The van der Waals surface area contributed by atoms with Gasteiger partial charge >= 0.3 is 8.80 Å². The van der Waals surface area contributed by atoms with Crippen LogP contribution in [0.5, 0.6) is 0 Å². The first kappa shape index (κ1) is 22.2. The molecule has 25 heavy (non-hydrogen) atoms. The molecule has 0 aromatic heterocycles. The zero-order valence-corrected chi connectivity index (χ0v) is 17.4. The van der Waals surface area contributed by atoms with Gasteiger partial charge in [0.2, 0.25) is 0 Å². The van der Waals surface area contributed by atoms with Crippen molar-refractivity contribution in [2.45, 2.75) is 26.8 Å². The van der Waals surface area contributed by atoms with Gasteiger partial charge in [0.05, 0.1) is 0 Å². The Hall–Kier alpha value is -0.873. The van der Waals surface area contributed by atoms with E-state index in [0.717, 1.165) is 0 Å². The summed E-state index contributed by atoms with van der Waals surface area (Å²) in [7, 11) is -4.68. The van der Waals surface area contributed by atoms with Crippen molar-refractivity contribution in [3.63, 3.8) is 0 Å². The van der Waals surface area contributed by atoms with Crippen LogP contribution < -0.4 is 0 Å². The van der Waals surface area contributed by atoms with E-state index in [4.69, 9.17) is 22.0 Å². The third-order valence-corrected chi connectivity index (χ3v) is 6.38. The first-order valence-corrected chi connectivity index (χ1v) is 12.1. The van der Waals surface area contributed by atoms with E-state index in [-0.39, 0.29) is 0 Å². The molecule has 0 fully saturated rings. The fourth-order valence-corrected chi connectivity index (χ4v) is 5.27. The van der Waals surface area contributed by atoms with Crippen LogP contribution in [0.3, 0.4) is 0 Å². The smallest absolute Gasteiger partial charge is 0.459 e. The van der Waals surface area contributed by atoms with Crippen LogP contribution in [0.25, 0.3) is 10.8 Å². The minimum atomic E-state index is -2.65. The maximum atomic E-state index is 8.93. The molecule has 5 nitrogen and oxygen atoms in total. The molecule has 0 atom stereocenters. The highest BCUT2D eigenvalue weighted by molar-refractivity contribution is 8.18. The van der Waals surface area contributed by atoms with E-state index < -0.39 is 18.4 Å². The van der Waals surface area contributed by atoms with Gasteiger partial charge in [-0.1, -0.05) is 52.1 Å². The largest absolute Gasteiger partial charge is 0.505 e. The number of hydrogen-bond acceptors (Lipinski definition) is 6. The van der Waals surface area contributed by atoms with Crippen molar-refractivity contribution < 1.29 is 22.0 Å². The Morgan fingerprint density at radius 1 is 0.960 bits per heavy atom. The van der Waals surface area contributed by atoms with Gasteiger partial charge in [0.1, 0.15) is 0 Å². The average molecular weight is 402 g/mol. The molecule has 0 radical (unpaired) electrons. The Labute approximate surface area is 157 Å². The summed E-state index contributed by atoms with van der Waals surface area (Å²) >= 11 is 3.65. The maximum absolute atomic E-state index is 8.93. The summed E-state index contributed by atoms with van der Waals surface area (Å²) in [5, 5.41) is 2.48. The highest BCUT2D eigenvalue weighted by Gasteiger charge is 2.40.